The first-order chi connectivity index (χ1) is 14.9. The topological polar surface area (TPSA) is 113 Å². The van der Waals surface area contributed by atoms with Gasteiger partial charge in [0.2, 0.25) is 5.91 Å². The van der Waals surface area contributed by atoms with Crippen LogP contribution < -0.4 is 27.2 Å². The summed E-state index contributed by atoms with van der Waals surface area (Å²) in [5.41, 5.74) is 6.35. The number of hydrogen-bond donors (Lipinski definition) is 3. The Morgan fingerprint density at radius 3 is 2.58 bits per heavy atom. The molecule has 4 N–H and O–H groups in total. The number of unbranched alkanes of at least 4 members (excludes halogenated alkanes) is 1. The Kier molecular flexibility index (Phi) is 7.68. The van der Waals surface area contributed by atoms with Gasteiger partial charge in [-0.25, -0.2) is 4.79 Å². The van der Waals surface area contributed by atoms with Crippen LogP contribution in [0.3, 0.4) is 0 Å². The third-order valence-corrected chi connectivity index (χ3v) is 6.01. The molecule has 8 heteroatoms. The molecule has 1 aromatic carbocycles. The lowest BCUT2D eigenvalue weighted by Gasteiger charge is -2.30. The molecule has 31 heavy (non-hydrogen) atoms. The fourth-order valence-corrected chi connectivity index (χ4v) is 4.21. The van der Waals surface area contributed by atoms with Gasteiger partial charge in [-0.3, -0.25) is 19.1 Å². The van der Waals surface area contributed by atoms with E-state index in [0.29, 0.717) is 6.54 Å². The second kappa shape index (κ2) is 10.4. The van der Waals surface area contributed by atoms with E-state index < -0.39 is 11.2 Å². The monoisotopic (exact) mass is 427 g/mol. The van der Waals surface area contributed by atoms with E-state index in [1.165, 1.54) is 9.47 Å². The summed E-state index contributed by atoms with van der Waals surface area (Å²) in [5.74, 6) is -0.147. The van der Waals surface area contributed by atoms with Gasteiger partial charge in [-0.2, -0.15) is 0 Å². The van der Waals surface area contributed by atoms with Crippen molar-refractivity contribution in [1.82, 2.24) is 14.9 Å². The van der Waals surface area contributed by atoms with Gasteiger partial charge in [-0.1, -0.05) is 56.5 Å². The van der Waals surface area contributed by atoms with Crippen molar-refractivity contribution in [2.24, 2.45) is 0 Å². The Bertz CT molecular complexity index is 993. The molecule has 1 saturated carbocycles. The number of nitrogen functional groups attached to an aromatic ring is 1. The minimum atomic E-state index is -0.605. The van der Waals surface area contributed by atoms with Crippen LogP contribution in [0.4, 0.5) is 11.5 Å². The maximum atomic E-state index is 13.3. The largest absolute Gasteiger partial charge is 0.383 e. The van der Waals surface area contributed by atoms with Gasteiger partial charge in [0.1, 0.15) is 5.82 Å². The molecule has 0 unspecified atom stereocenters. The molecule has 0 aliphatic heterocycles. The molecule has 0 spiro atoms. The lowest BCUT2D eigenvalue weighted by Crippen LogP contribution is -2.48. The van der Waals surface area contributed by atoms with Crippen molar-refractivity contribution in [2.45, 2.75) is 71.0 Å². The van der Waals surface area contributed by atoms with Crippen molar-refractivity contribution in [2.75, 3.05) is 17.2 Å². The van der Waals surface area contributed by atoms with Crippen molar-refractivity contribution < 1.29 is 4.79 Å². The Balaban J connectivity index is 1.90. The molecule has 0 saturated heterocycles. The van der Waals surface area contributed by atoms with E-state index in [9.17, 15) is 14.4 Å². The van der Waals surface area contributed by atoms with Crippen LogP contribution in [0.1, 0.15) is 64.0 Å². The highest BCUT2D eigenvalue weighted by atomic mass is 16.2. The average molecular weight is 428 g/mol. The Hall–Kier alpha value is -2.87. The lowest BCUT2D eigenvalue weighted by molar-refractivity contribution is -0.118. The standard InChI is InChI=1S/C23H33N5O3/c1-3-4-14-27-21(24)20(22(30)26-23(27)31)28(18-12-8-9-13-18)19(29)15-25-16(2)17-10-6-5-7-11-17/h5-7,10-11,16,18,25H,3-4,8-9,12-15,24H2,1-2H3,(H,26,30,31)/t16-/m0/s1. The Labute approximate surface area is 182 Å². The maximum Gasteiger partial charge on any atom is 0.330 e. The number of nitrogens with zero attached hydrogens (tertiary/aromatic N) is 2. The quantitative estimate of drug-likeness (QED) is 0.569. The van der Waals surface area contributed by atoms with Gasteiger partial charge in [0, 0.05) is 18.6 Å². The molecule has 168 valence electrons. The number of carbonyl (C=O) groups excluding carboxylic acids is 1. The van der Waals surface area contributed by atoms with Gasteiger partial charge in [-0.15, -0.1) is 0 Å². The highest BCUT2D eigenvalue weighted by Gasteiger charge is 2.32. The molecule has 1 aliphatic carbocycles. The second-order valence-corrected chi connectivity index (χ2v) is 8.21. The van der Waals surface area contributed by atoms with E-state index in [0.717, 1.165) is 44.1 Å². The molecular formula is C23H33N5O3. The number of aromatic nitrogens is 2. The zero-order chi connectivity index (χ0) is 22.4. The van der Waals surface area contributed by atoms with Crippen LogP contribution in [-0.4, -0.2) is 28.0 Å². The van der Waals surface area contributed by atoms with E-state index in [2.05, 4.69) is 10.3 Å². The van der Waals surface area contributed by atoms with E-state index in [1.54, 1.807) is 0 Å². The molecule has 0 bridgehead atoms. The van der Waals surface area contributed by atoms with E-state index in [1.807, 2.05) is 44.2 Å². The average Bonchev–Trinajstić information content (AvgIpc) is 3.29. The van der Waals surface area contributed by atoms with Crippen LogP contribution in [0, 0.1) is 0 Å². The summed E-state index contributed by atoms with van der Waals surface area (Å²) >= 11 is 0. The number of amides is 1. The van der Waals surface area contributed by atoms with Gasteiger partial charge < -0.3 is 16.0 Å². The summed E-state index contributed by atoms with van der Waals surface area (Å²) < 4.78 is 1.37. The van der Waals surface area contributed by atoms with Crippen LogP contribution in [-0.2, 0) is 11.3 Å². The minimum Gasteiger partial charge on any atom is -0.383 e. The van der Waals surface area contributed by atoms with Crippen molar-refractivity contribution in [3.8, 4) is 0 Å². The van der Waals surface area contributed by atoms with E-state index >= 15 is 0 Å². The lowest BCUT2D eigenvalue weighted by atomic mass is 10.1. The van der Waals surface area contributed by atoms with Crippen molar-refractivity contribution in [1.29, 1.82) is 0 Å². The molecule has 1 atom stereocenters. The smallest absolute Gasteiger partial charge is 0.330 e. The van der Waals surface area contributed by atoms with Crippen LogP contribution >= 0.6 is 0 Å². The summed E-state index contributed by atoms with van der Waals surface area (Å²) in [6.45, 7) is 4.48. The number of anilines is 2. The van der Waals surface area contributed by atoms with Crippen molar-refractivity contribution >= 4 is 17.4 Å². The summed E-state index contributed by atoms with van der Waals surface area (Å²) in [6, 6.07) is 9.75. The number of hydrogen-bond acceptors (Lipinski definition) is 5. The first kappa shape index (κ1) is 22.8. The molecule has 1 aliphatic rings. The third-order valence-electron chi connectivity index (χ3n) is 6.01. The zero-order valence-electron chi connectivity index (χ0n) is 18.4. The maximum absolute atomic E-state index is 13.3. The van der Waals surface area contributed by atoms with Gasteiger partial charge in [0.25, 0.3) is 5.56 Å². The van der Waals surface area contributed by atoms with Gasteiger partial charge in [0.15, 0.2) is 5.69 Å². The number of nitrogens with two attached hydrogens (primary N) is 1. The second-order valence-electron chi connectivity index (χ2n) is 8.21. The van der Waals surface area contributed by atoms with Crippen LogP contribution in [0.2, 0.25) is 0 Å². The molecule has 8 nitrogen and oxygen atoms in total. The predicted molar refractivity (Wildman–Crippen MR) is 123 cm³/mol. The number of aromatic amines is 1. The molecule has 2 aromatic rings. The molecule has 0 radical (unpaired) electrons. The minimum absolute atomic E-state index is 0.0234. The highest BCUT2D eigenvalue weighted by Crippen LogP contribution is 2.29. The fourth-order valence-electron chi connectivity index (χ4n) is 4.21. The molecule has 1 amide bonds. The van der Waals surface area contributed by atoms with E-state index in [4.69, 9.17) is 5.73 Å². The first-order valence-corrected chi connectivity index (χ1v) is 11.2. The zero-order valence-corrected chi connectivity index (χ0v) is 18.4. The summed E-state index contributed by atoms with van der Waals surface area (Å²) in [7, 11) is 0. The van der Waals surface area contributed by atoms with Gasteiger partial charge >= 0.3 is 5.69 Å². The van der Waals surface area contributed by atoms with E-state index in [-0.39, 0.29) is 36.0 Å². The highest BCUT2D eigenvalue weighted by molar-refractivity contribution is 5.97. The Morgan fingerprint density at radius 1 is 1.26 bits per heavy atom. The summed E-state index contributed by atoms with van der Waals surface area (Å²) in [4.78, 5) is 42.4. The summed E-state index contributed by atoms with van der Waals surface area (Å²) in [6.07, 6.45) is 5.25. The molecular weight excluding hydrogens is 394 g/mol. The van der Waals surface area contributed by atoms with Gasteiger partial charge in [0.05, 0.1) is 6.54 Å². The number of carbonyl (C=O) groups is 1. The molecule has 1 aromatic heterocycles. The normalized spacial score (nSPS) is 15.2. The number of benzene rings is 1. The molecule has 3 rings (SSSR count). The van der Waals surface area contributed by atoms with Crippen molar-refractivity contribution in [3.05, 3.63) is 56.7 Å². The molecule has 1 heterocycles. The first-order valence-electron chi connectivity index (χ1n) is 11.2. The third kappa shape index (κ3) is 5.25. The number of nitrogens with one attached hydrogen (secondary N) is 2. The fraction of sp³-hybridized carbons (Fsp3) is 0.522. The SMILES string of the molecule is CCCCn1c(N)c(N(C(=O)CN[C@@H](C)c2ccccc2)C2CCCC2)c(=O)[nH]c1=O. The number of rotatable bonds is 9. The van der Waals surface area contributed by atoms with Crippen molar-refractivity contribution in [3.63, 3.8) is 0 Å². The summed E-state index contributed by atoms with van der Waals surface area (Å²) in [5, 5.41) is 3.26. The predicted octanol–water partition coefficient (Wildman–Crippen LogP) is 2.55. The molecule has 1 fully saturated rings. The van der Waals surface area contributed by atoms with Crippen LogP contribution in [0.5, 0.6) is 0 Å². The number of H-pyrrole nitrogens is 1. The van der Waals surface area contributed by atoms with Crippen LogP contribution in [0.15, 0.2) is 39.9 Å². The Morgan fingerprint density at radius 2 is 1.94 bits per heavy atom. The van der Waals surface area contributed by atoms with Gasteiger partial charge in [-0.05, 0) is 31.7 Å². The van der Waals surface area contributed by atoms with Crippen LogP contribution in [0.25, 0.3) is 0 Å².